The zero-order valence-corrected chi connectivity index (χ0v) is 10.3. The van der Waals surface area contributed by atoms with Gasteiger partial charge in [-0.3, -0.25) is 5.10 Å². The average molecular weight is 250 g/mol. The maximum absolute atomic E-state index is 5.67. The summed E-state index contributed by atoms with van der Waals surface area (Å²) in [7, 11) is 0. The van der Waals surface area contributed by atoms with Crippen molar-refractivity contribution in [3.63, 3.8) is 0 Å². The number of nitrogens with two attached hydrogens (primary N) is 1. The molecule has 0 fully saturated rings. The van der Waals surface area contributed by atoms with Gasteiger partial charge in [0.2, 0.25) is 4.77 Å². The van der Waals surface area contributed by atoms with Crippen LogP contribution in [0.4, 0.5) is 0 Å². The van der Waals surface area contributed by atoms with Gasteiger partial charge in [0.1, 0.15) is 5.75 Å². The average Bonchev–Trinajstić information content (AvgIpc) is 2.61. The van der Waals surface area contributed by atoms with E-state index in [0.29, 0.717) is 23.6 Å². The molecule has 0 radical (unpaired) electrons. The van der Waals surface area contributed by atoms with E-state index >= 15 is 0 Å². The number of hydrogen-bond acceptors (Lipinski definition) is 4. The zero-order chi connectivity index (χ0) is 12.3. The van der Waals surface area contributed by atoms with Gasteiger partial charge in [0, 0.05) is 6.42 Å². The van der Waals surface area contributed by atoms with E-state index in [2.05, 4.69) is 10.2 Å². The van der Waals surface area contributed by atoms with Gasteiger partial charge < -0.3 is 10.6 Å². The largest absolute Gasteiger partial charge is 0.493 e. The van der Waals surface area contributed by atoms with E-state index in [-0.39, 0.29) is 0 Å². The molecule has 3 N–H and O–H groups in total. The molecule has 0 aliphatic carbocycles. The maximum atomic E-state index is 5.67. The Morgan fingerprint density at radius 2 is 2.35 bits per heavy atom. The molecule has 0 amide bonds. The predicted molar refractivity (Wildman–Crippen MR) is 67.9 cm³/mol. The highest BCUT2D eigenvalue weighted by Gasteiger charge is 2.03. The highest BCUT2D eigenvalue weighted by atomic mass is 32.1. The maximum Gasteiger partial charge on any atom is 0.214 e. The molecular formula is C11H14N4OS. The topological polar surface area (TPSA) is 68.9 Å². The van der Waals surface area contributed by atoms with Gasteiger partial charge in [0.15, 0.2) is 5.82 Å². The van der Waals surface area contributed by atoms with Gasteiger partial charge in [-0.15, -0.1) is 0 Å². The molecule has 90 valence electrons. The SMILES string of the molecule is Cc1cccc(OCCc2n[nH]c(=S)n2N)c1. The molecule has 1 aromatic carbocycles. The summed E-state index contributed by atoms with van der Waals surface area (Å²) in [6.07, 6.45) is 0.609. The van der Waals surface area contributed by atoms with Gasteiger partial charge in [-0.25, -0.2) is 4.68 Å². The van der Waals surface area contributed by atoms with Crippen LogP contribution in [0.1, 0.15) is 11.4 Å². The summed E-state index contributed by atoms with van der Waals surface area (Å²) in [5.74, 6) is 7.20. The van der Waals surface area contributed by atoms with Gasteiger partial charge in [-0.1, -0.05) is 12.1 Å². The molecule has 1 aromatic heterocycles. The minimum Gasteiger partial charge on any atom is -0.493 e. The van der Waals surface area contributed by atoms with E-state index in [1.54, 1.807) is 0 Å². The lowest BCUT2D eigenvalue weighted by atomic mass is 10.2. The van der Waals surface area contributed by atoms with Crippen molar-refractivity contribution in [2.24, 2.45) is 0 Å². The first-order chi connectivity index (χ1) is 8.16. The van der Waals surface area contributed by atoms with Crippen LogP contribution in [0.5, 0.6) is 5.75 Å². The highest BCUT2D eigenvalue weighted by molar-refractivity contribution is 7.71. The summed E-state index contributed by atoms with van der Waals surface area (Å²) in [6.45, 7) is 2.54. The van der Waals surface area contributed by atoms with E-state index in [9.17, 15) is 0 Å². The Balaban J connectivity index is 1.92. The van der Waals surface area contributed by atoms with Crippen LogP contribution in [-0.4, -0.2) is 21.5 Å². The van der Waals surface area contributed by atoms with Crippen LogP contribution in [0.3, 0.4) is 0 Å². The molecule has 5 nitrogen and oxygen atoms in total. The fourth-order valence-electron chi connectivity index (χ4n) is 1.48. The molecule has 0 atom stereocenters. The standard InChI is InChI=1S/C11H14N4OS/c1-8-3-2-4-9(7-8)16-6-5-10-13-14-11(17)15(10)12/h2-4,7H,5-6,12H2,1H3,(H,14,17). The van der Waals surface area contributed by atoms with Crippen molar-refractivity contribution in [3.8, 4) is 5.75 Å². The van der Waals surface area contributed by atoms with Gasteiger partial charge in [-0.05, 0) is 36.8 Å². The molecule has 0 spiro atoms. The van der Waals surface area contributed by atoms with E-state index < -0.39 is 0 Å². The number of hydrogen-bond donors (Lipinski definition) is 2. The number of aryl methyl sites for hydroxylation is 1. The van der Waals surface area contributed by atoms with Crippen LogP contribution in [-0.2, 0) is 6.42 Å². The smallest absolute Gasteiger partial charge is 0.214 e. The summed E-state index contributed by atoms with van der Waals surface area (Å²) in [5.41, 5.74) is 1.17. The number of ether oxygens (including phenoxy) is 1. The van der Waals surface area contributed by atoms with E-state index in [1.165, 1.54) is 10.2 Å². The quantitative estimate of drug-likeness (QED) is 0.638. The number of nitrogens with zero attached hydrogens (tertiary/aromatic N) is 2. The monoisotopic (exact) mass is 250 g/mol. The molecule has 2 rings (SSSR count). The number of rotatable bonds is 4. The molecule has 0 aliphatic heterocycles. The minimum atomic E-state index is 0.413. The number of benzene rings is 1. The Morgan fingerprint density at radius 3 is 3.00 bits per heavy atom. The van der Waals surface area contributed by atoms with E-state index in [1.807, 2.05) is 31.2 Å². The normalized spacial score (nSPS) is 10.4. The minimum absolute atomic E-state index is 0.413. The Morgan fingerprint density at radius 1 is 1.53 bits per heavy atom. The van der Waals surface area contributed by atoms with Crippen LogP contribution in [0, 0.1) is 11.7 Å². The first kappa shape index (κ1) is 11.7. The lowest BCUT2D eigenvalue weighted by Crippen LogP contribution is -2.15. The molecule has 0 bridgehead atoms. The summed E-state index contributed by atoms with van der Waals surface area (Å²) >= 11 is 4.91. The van der Waals surface area contributed by atoms with Crippen molar-refractivity contribution in [1.29, 1.82) is 0 Å². The van der Waals surface area contributed by atoms with Crippen molar-refractivity contribution >= 4 is 12.2 Å². The third-order valence-electron chi connectivity index (χ3n) is 2.36. The van der Waals surface area contributed by atoms with Crippen molar-refractivity contribution in [1.82, 2.24) is 14.9 Å². The Hall–Kier alpha value is -1.82. The number of nitrogen functional groups attached to an aromatic ring is 1. The Bertz CT molecular complexity index is 561. The second-order valence-electron chi connectivity index (χ2n) is 3.73. The summed E-state index contributed by atoms with van der Waals surface area (Å²) in [4.78, 5) is 0. The summed E-state index contributed by atoms with van der Waals surface area (Å²) in [5, 5.41) is 6.63. The molecule has 0 saturated heterocycles. The molecule has 0 unspecified atom stereocenters. The second kappa shape index (κ2) is 5.01. The molecular weight excluding hydrogens is 236 g/mol. The third-order valence-corrected chi connectivity index (χ3v) is 2.65. The Kier molecular flexibility index (Phi) is 3.43. The van der Waals surface area contributed by atoms with Crippen molar-refractivity contribution in [2.75, 3.05) is 12.4 Å². The first-order valence-corrected chi connectivity index (χ1v) is 5.68. The van der Waals surface area contributed by atoms with E-state index in [0.717, 1.165) is 5.75 Å². The van der Waals surface area contributed by atoms with Crippen LogP contribution in [0.15, 0.2) is 24.3 Å². The molecule has 2 aromatic rings. The summed E-state index contributed by atoms with van der Waals surface area (Å²) in [6, 6.07) is 7.90. The van der Waals surface area contributed by atoms with Crippen molar-refractivity contribution in [2.45, 2.75) is 13.3 Å². The Labute approximate surface area is 104 Å². The van der Waals surface area contributed by atoms with Crippen LogP contribution < -0.4 is 10.6 Å². The van der Waals surface area contributed by atoms with Gasteiger partial charge in [0.05, 0.1) is 6.61 Å². The van der Waals surface area contributed by atoms with E-state index in [4.69, 9.17) is 22.8 Å². The molecule has 17 heavy (non-hydrogen) atoms. The van der Waals surface area contributed by atoms with Crippen molar-refractivity contribution in [3.05, 3.63) is 40.4 Å². The number of aromatic amines is 1. The fourth-order valence-corrected chi connectivity index (χ4v) is 1.63. The molecule has 0 aliphatic rings. The molecule has 6 heteroatoms. The summed E-state index contributed by atoms with van der Waals surface area (Å²) < 4.78 is 7.37. The lowest BCUT2D eigenvalue weighted by molar-refractivity contribution is 0.317. The zero-order valence-electron chi connectivity index (χ0n) is 9.51. The van der Waals surface area contributed by atoms with Gasteiger partial charge >= 0.3 is 0 Å². The van der Waals surface area contributed by atoms with Crippen LogP contribution >= 0.6 is 12.2 Å². The van der Waals surface area contributed by atoms with Crippen molar-refractivity contribution < 1.29 is 4.74 Å². The van der Waals surface area contributed by atoms with Gasteiger partial charge in [0.25, 0.3) is 0 Å². The second-order valence-corrected chi connectivity index (χ2v) is 4.12. The molecule has 1 heterocycles. The molecule has 0 saturated carbocycles. The number of nitrogens with one attached hydrogen (secondary N) is 1. The first-order valence-electron chi connectivity index (χ1n) is 5.27. The predicted octanol–water partition coefficient (Wildman–Crippen LogP) is 1.58. The number of aromatic nitrogens is 3. The third kappa shape index (κ3) is 2.85. The highest BCUT2D eigenvalue weighted by Crippen LogP contribution is 2.12. The fraction of sp³-hybridized carbons (Fsp3) is 0.273. The lowest BCUT2D eigenvalue weighted by Gasteiger charge is -2.06. The van der Waals surface area contributed by atoms with Gasteiger partial charge in [-0.2, -0.15) is 5.10 Å². The number of H-pyrrole nitrogens is 1. The van der Waals surface area contributed by atoms with Crippen LogP contribution in [0.25, 0.3) is 0 Å². The van der Waals surface area contributed by atoms with Crippen LogP contribution in [0.2, 0.25) is 0 Å².